The third kappa shape index (κ3) is 8.43. The molecule has 90 valence electrons. The summed E-state index contributed by atoms with van der Waals surface area (Å²) in [6.45, 7) is 8.82. The van der Waals surface area contributed by atoms with E-state index in [0.29, 0.717) is 18.4 Å². The van der Waals surface area contributed by atoms with E-state index < -0.39 is 0 Å². The lowest BCUT2D eigenvalue weighted by Crippen LogP contribution is -2.26. The summed E-state index contributed by atoms with van der Waals surface area (Å²) in [7, 11) is 0. The van der Waals surface area contributed by atoms with E-state index in [1.54, 1.807) is 6.92 Å². The van der Waals surface area contributed by atoms with Crippen LogP contribution >= 0.6 is 0 Å². The smallest absolute Gasteiger partial charge is 0.245 e. The first-order chi connectivity index (χ1) is 6.87. The van der Waals surface area contributed by atoms with Crippen molar-refractivity contribution in [2.24, 2.45) is 5.41 Å². The van der Waals surface area contributed by atoms with Crippen LogP contribution in [0.25, 0.3) is 0 Å². The number of nitrogens with zero attached hydrogens (tertiary/aromatic N) is 1. The SMILES string of the molecule is CCN(O)C(=O)CCCCCC(C)(C)C. The molecule has 0 aliphatic rings. The average molecular weight is 215 g/mol. The Hall–Kier alpha value is -0.570. The van der Waals surface area contributed by atoms with Gasteiger partial charge < -0.3 is 0 Å². The van der Waals surface area contributed by atoms with Crippen molar-refractivity contribution in [3.63, 3.8) is 0 Å². The predicted molar refractivity (Wildman–Crippen MR) is 61.7 cm³/mol. The average Bonchev–Trinajstić information content (AvgIpc) is 2.14. The van der Waals surface area contributed by atoms with Crippen molar-refractivity contribution >= 4 is 5.91 Å². The van der Waals surface area contributed by atoms with Crippen molar-refractivity contribution in [3.05, 3.63) is 0 Å². The van der Waals surface area contributed by atoms with E-state index in [1.165, 1.54) is 6.42 Å². The van der Waals surface area contributed by atoms with Gasteiger partial charge in [-0.05, 0) is 25.2 Å². The molecular formula is C12H25NO2. The van der Waals surface area contributed by atoms with Crippen LogP contribution in [0, 0.1) is 5.41 Å². The van der Waals surface area contributed by atoms with E-state index in [-0.39, 0.29) is 5.91 Å². The van der Waals surface area contributed by atoms with Gasteiger partial charge in [0.25, 0.3) is 0 Å². The molecule has 0 aliphatic carbocycles. The second-order valence-corrected chi connectivity index (χ2v) is 5.23. The van der Waals surface area contributed by atoms with Crippen LogP contribution < -0.4 is 0 Å². The molecule has 0 fully saturated rings. The number of carbonyl (C=O) groups is 1. The van der Waals surface area contributed by atoms with E-state index in [0.717, 1.165) is 24.3 Å². The molecule has 0 aromatic carbocycles. The molecule has 0 spiro atoms. The molecular weight excluding hydrogens is 190 g/mol. The lowest BCUT2D eigenvalue weighted by atomic mass is 9.89. The Labute approximate surface area is 93.4 Å². The summed E-state index contributed by atoms with van der Waals surface area (Å²) in [6, 6.07) is 0. The van der Waals surface area contributed by atoms with Crippen molar-refractivity contribution < 1.29 is 10.0 Å². The molecule has 0 heterocycles. The number of hydroxylamine groups is 2. The summed E-state index contributed by atoms with van der Waals surface area (Å²) >= 11 is 0. The van der Waals surface area contributed by atoms with Gasteiger partial charge >= 0.3 is 0 Å². The van der Waals surface area contributed by atoms with Crippen molar-refractivity contribution in [2.45, 2.75) is 59.8 Å². The fourth-order valence-corrected chi connectivity index (χ4v) is 1.41. The largest absolute Gasteiger partial charge is 0.286 e. The Morgan fingerprint density at radius 2 is 1.80 bits per heavy atom. The second-order valence-electron chi connectivity index (χ2n) is 5.23. The Bertz CT molecular complexity index is 185. The molecule has 0 saturated heterocycles. The van der Waals surface area contributed by atoms with Gasteiger partial charge in [-0.3, -0.25) is 10.0 Å². The molecule has 0 aliphatic heterocycles. The van der Waals surface area contributed by atoms with Gasteiger partial charge in [0.2, 0.25) is 5.91 Å². The molecule has 0 saturated carbocycles. The first kappa shape index (κ1) is 14.4. The fraction of sp³-hybridized carbons (Fsp3) is 0.917. The molecule has 3 nitrogen and oxygen atoms in total. The van der Waals surface area contributed by atoms with E-state index >= 15 is 0 Å². The number of hydrogen-bond acceptors (Lipinski definition) is 2. The molecule has 3 heteroatoms. The van der Waals surface area contributed by atoms with Crippen molar-refractivity contribution in [1.29, 1.82) is 0 Å². The number of rotatable bonds is 6. The minimum Gasteiger partial charge on any atom is -0.286 e. The van der Waals surface area contributed by atoms with Gasteiger partial charge in [-0.15, -0.1) is 0 Å². The minimum atomic E-state index is -0.159. The Balaban J connectivity index is 3.43. The molecule has 0 bridgehead atoms. The zero-order chi connectivity index (χ0) is 11.9. The highest BCUT2D eigenvalue weighted by molar-refractivity contribution is 5.74. The quantitative estimate of drug-likeness (QED) is 0.420. The van der Waals surface area contributed by atoms with Gasteiger partial charge in [0, 0.05) is 13.0 Å². The van der Waals surface area contributed by atoms with Crippen LogP contribution in [0.5, 0.6) is 0 Å². The van der Waals surface area contributed by atoms with E-state index in [9.17, 15) is 4.79 Å². The molecule has 0 aromatic rings. The van der Waals surface area contributed by atoms with Crippen LogP contribution in [0.15, 0.2) is 0 Å². The maximum absolute atomic E-state index is 11.2. The highest BCUT2D eigenvalue weighted by Gasteiger charge is 2.10. The number of amides is 1. The second kappa shape index (κ2) is 6.83. The van der Waals surface area contributed by atoms with Crippen LogP contribution in [-0.4, -0.2) is 22.7 Å². The third-order valence-corrected chi connectivity index (χ3v) is 2.40. The zero-order valence-electron chi connectivity index (χ0n) is 10.5. The summed E-state index contributed by atoms with van der Waals surface area (Å²) in [6.07, 6.45) is 4.77. The maximum Gasteiger partial charge on any atom is 0.245 e. The van der Waals surface area contributed by atoms with Gasteiger partial charge in [-0.1, -0.05) is 33.6 Å². The summed E-state index contributed by atoms with van der Waals surface area (Å²) in [5.41, 5.74) is 0.385. The topological polar surface area (TPSA) is 40.5 Å². The van der Waals surface area contributed by atoms with Gasteiger partial charge in [0.15, 0.2) is 0 Å². The Morgan fingerprint density at radius 1 is 1.20 bits per heavy atom. The normalized spacial score (nSPS) is 11.5. The van der Waals surface area contributed by atoms with E-state index in [4.69, 9.17) is 5.21 Å². The van der Waals surface area contributed by atoms with Gasteiger partial charge in [-0.2, -0.15) is 0 Å². The highest BCUT2D eigenvalue weighted by Crippen LogP contribution is 2.22. The minimum absolute atomic E-state index is 0.159. The molecule has 0 radical (unpaired) electrons. The molecule has 0 unspecified atom stereocenters. The maximum atomic E-state index is 11.2. The summed E-state index contributed by atoms with van der Waals surface area (Å²) in [4.78, 5) is 11.2. The van der Waals surface area contributed by atoms with Crippen LogP contribution in [0.4, 0.5) is 0 Å². The van der Waals surface area contributed by atoms with Crippen LogP contribution in [0.1, 0.15) is 59.8 Å². The Kier molecular flexibility index (Phi) is 6.57. The first-order valence-electron chi connectivity index (χ1n) is 5.86. The van der Waals surface area contributed by atoms with Crippen molar-refractivity contribution in [1.82, 2.24) is 5.06 Å². The van der Waals surface area contributed by atoms with Crippen LogP contribution in [0.3, 0.4) is 0 Å². The van der Waals surface area contributed by atoms with Crippen LogP contribution in [-0.2, 0) is 4.79 Å². The summed E-state index contributed by atoms with van der Waals surface area (Å²) in [5, 5.41) is 9.89. The molecule has 0 atom stereocenters. The van der Waals surface area contributed by atoms with E-state index in [2.05, 4.69) is 20.8 Å². The molecule has 1 amide bonds. The first-order valence-corrected chi connectivity index (χ1v) is 5.86. The fourth-order valence-electron chi connectivity index (χ4n) is 1.41. The zero-order valence-corrected chi connectivity index (χ0v) is 10.5. The monoisotopic (exact) mass is 215 g/mol. The predicted octanol–water partition coefficient (Wildman–Crippen LogP) is 3.22. The standard InChI is InChI=1S/C12H25NO2/c1-5-13(15)11(14)9-7-6-8-10-12(2,3)4/h15H,5-10H2,1-4H3. The molecule has 0 rings (SSSR count). The van der Waals surface area contributed by atoms with Gasteiger partial charge in [0.05, 0.1) is 0 Å². The van der Waals surface area contributed by atoms with E-state index in [1.807, 2.05) is 0 Å². The lowest BCUT2D eigenvalue weighted by Gasteiger charge is -2.17. The van der Waals surface area contributed by atoms with Crippen molar-refractivity contribution in [2.75, 3.05) is 6.54 Å². The Morgan fingerprint density at radius 3 is 2.27 bits per heavy atom. The molecule has 15 heavy (non-hydrogen) atoms. The molecule has 0 aromatic heterocycles. The number of unbranched alkanes of at least 4 members (excludes halogenated alkanes) is 2. The van der Waals surface area contributed by atoms with Crippen molar-refractivity contribution in [3.8, 4) is 0 Å². The lowest BCUT2D eigenvalue weighted by molar-refractivity contribution is -0.164. The highest BCUT2D eigenvalue weighted by atomic mass is 16.5. The summed E-state index contributed by atoms with van der Waals surface area (Å²) in [5.74, 6) is -0.159. The van der Waals surface area contributed by atoms with Crippen LogP contribution in [0.2, 0.25) is 0 Å². The van der Waals surface area contributed by atoms with Gasteiger partial charge in [0.1, 0.15) is 0 Å². The molecule has 1 N–H and O–H groups in total. The summed E-state index contributed by atoms with van der Waals surface area (Å²) < 4.78 is 0. The third-order valence-electron chi connectivity index (χ3n) is 2.40. The van der Waals surface area contributed by atoms with Gasteiger partial charge in [-0.25, -0.2) is 5.06 Å². The number of hydrogen-bond donors (Lipinski definition) is 1. The number of carbonyl (C=O) groups excluding carboxylic acids is 1.